The van der Waals surface area contributed by atoms with E-state index in [4.69, 9.17) is 10.3 Å². The number of nitrogens with two attached hydrogens (primary N) is 1. The normalized spacial score (nSPS) is 12.8. The van der Waals surface area contributed by atoms with Crippen LogP contribution in [0.25, 0.3) is 0 Å². The van der Waals surface area contributed by atoms with Crippen LogP contribution in [0, 0.1) is 5.92 Å². The third kappa shape index (κ3) is 6.97. The molecule has 0 aliphatic heterocycles. The van der Waals surface area contributed by atoms with Gasteiger partial charge in [0.2, 0.25) is 5.89 Å². The molecule has 0 saturated heterocycles. The molecule has 2 N–H and O–H groups in total. The highest BCUT2D eigenvalue weighted by atomic mass is 32.2. The zero-order valence-electron chi connectivity index (χ0n) is 12.2. The van der Waals surface area contributed by atoms with Gasteiger partial charge in [-0.3, -0.25) is 0 Å². The van der Waals surface area contributed by atoms with Gasteiger partial charge in [-0.1, -0.05) is 31.8 Å². The molecule has 110 valence electrons. The predicted molar refractivity (Wildman–Crippen MR) is 81.1 cm³/mol. The Bertz CT molecular complexity index is 324. The molecular formula is C14H27N3OS. The molecule has 19 heavy (non-hydrogen) atoms. The Kier molecular flexibility index (Phi) is 8.91. The number of nitrogens with zero attached hydrogens (tertiary/aromatic N) is 2. The summed E-state index contributed by atoms with van der Waals surface area (Å²) in [6.07, 6.45) is 6.73. The quantitative estimate of drug-likeness (QED) is 0.631. The summed E-state index contributed by atoms with van der Waals surface area (Å²) in [5.41, 5.74) is 5.65. The average molecular weight is 285 g/mol. The van der Waals surface area contributed by atoms with Crippen LogP contribution in [0.1, 0.15) is 57.7 Å². The first-order valence-electron chi connectivity index (χ1n) is 7.39. The van der Waals surface area contributed by atoms with Crippen molar-refractivity contribution >= 4 is 11.8 Å². The van der Waals surface area contributed by atoms with Crippen molar-refractivity contribution < 1.29 is 4.52 Å². The number of thioether (sulfide) groups is 1. The number of rotatable bonds is 11. The number of hydrogen-bond donors (Lipinski definition) is 1. The summed E-state index contributed by atoms with van der Waals surface area (Å²) in [5.74, 6) is 4.32. The van der Waals surface area contributed by atoms with Gasteiger partial charge >= 0.3 is 0 Å². The Labute approximate surface area is 120 Å². The van der Waals surface area contributed by atoms with Crippen molar-refractivity contribution in [1.82, 2.24) is 10.1 Å². The Morgan fingerprint density at radius 1 is 1.21 bits per heavy atom. The molecule has 1 rings (SSSR count). The molecule has 0 amide bonds. The number of aryl methyl sites for hydroxylation is 1. The summed E-state index contributed by atoms with van der Waals surface area (Å²) in [5, 5.41) is 4.03. The molecule has 0 aliphatic rings. The van der Waals surface area contributed by atoms with Crippen LogP contribution in [0.4, 0.5) is 0 Å². The molecule has 1 heterocycles. The molecule has 0 bridgehead atoms. The van der Waals surface area contributed by atoms with Gasteiger partial charge in [-0.2, -0.15) is 16.7 Å². The lowest BCUT2D eigenvalue weighted by molar-refractivity contribution is 0.347. The van der Waals surface area contributed by atoms with Gasteiger partial charge in [0.15, 0.2) is 5.82 Å². The van der Waals surface area contributed by atoms with E-state index in [1.165, 1.54) is 19.3 Å². The van der Waals surface area contributed by atoms with E-state index < -0.39 is 0 Å². The van der Waals surface area contributed by atoms with Crippen LogP contribution >= 0.6 is 11.8 Å². The molecule has 0 aromatic carbocycles. The van der Waals surface area contributed by atoms with E-state index in [0.29, 0.717) is 5.92 Å². The molecule has 0 radical (unpaired) electrons. The van der Waals surface area contributed by atoms with Gasteiger partial charge in [-0.25, -0.2) is 0 Å². The summed E-state index contributed by atoms with van der Waals surface area (Å²) in [7, 11) is 0. The third-order valence-electron chi connectivity index (χ3n) is 3.13. The van der Waals surface area contributed by atoms with Gasteiger partial charge in [0.05, 0.1) is 5.75 Å². The largest absolute Gasteiger partial charge is 0.339 e. The average Bonchev–Trinajstić information content (AvgIpc) is 2.85. The standard InChI is InChI=1S/C14H27N3OS/c1-3-5-12(8-9-15)6-7-14-16-13(17-18-14)11-19-10-4-2/h12H,3-11,15H2,1-2H3. The van der Waals surface area contributed by atoms with Crippen molar-refractivity contribution in [2.45, 2.75) is 58.1 Å². The van der Waals surface area contributed by atoms with Crippen LogP contribution in [0.15, 0.2) is 4.52 Å². The Balaban J connectivity index is 2.31. The van der Waals surface area contributed by atoms with Gasteiger partial charge in [0.25, 0.3) is 0 Å². The number of hydrogen-bond acceptors (Lipinski definition) is 5. The minimum absolute atomic E-state index is 0.694. The SMILES string of the molecule is CCCSCc1noc(CCC(CCC)CCN)n1. The van der Waals surface area contributed by atoms with Gasteiger partial charge in [0, 0.05) is 6.42 Å². The van der Waals surface area contributed by atoms with Gasteiger partial charge < -0.3 is 10.3 Å². The molecule has 1 atom stereocenters. The van der Waals surface area contributed by atoms with E-state index in [1.807, 2.05) is 11.8 Å². The second-order valence-corrected chi connectivity index (χ2v) is 6.03. The lowest BCUT2D eigenvalue weighted by Crippen LogP contribution is -2.09. The molecule has 5 heteroatoms. The first-order chi connectivity index (χ1) is 9.30. The molecule has 0 fully saturated rings. The maximum Gasteiger partial charge on any atom is 0.226 e. The molecule has 0 saturated carbocycles. The van der Waals surface area contributed by atoms with Crippen LogP contribution in [0.2, 0.25) is 0 Å². The number of aromatic nitrogens is 2. The van der Waals surface area contributed by atoms with Gasteiger partial charge in [0.1, 0.15) is 0 Å². The van der Waals surface area contributed by atoms with E-state index in [1.54, 1.807) is 0 Å². The zero-order valence-corrected chi connectivity index (χ0v) is 13.0. The predicted octanol–water partition coefficient (Wildman–Crippen LogP) is 3.41. The summed E-state index contributed by atoms with van der Waals surface area (Å²) in [4.78, 5) is 4.44. The lowest BCUT2D eigenvalue weighted by atomic mass is 9.94. The van der Waals surface area contributed by atoms with Crippen molar-refractivity contribution in [2.24, 2.45) is 11.7 Å². The summed E-state index contributed by atoms with van der Waals surface area (Å²) in [6, 6.07) is 0. The van der Waals surface area contributed by atoms with Crippen molar-refractivity contribution in [3.63, 3.8) is 0 Å². The van der Waals surface area contributed by atoms with Crippen LogP contribution in [-0.2, 0) is 12.2 Å². The van der Waals surface area contributed by atoms with E-state index >= 15 is 0 Å². The summed E-state index contributed by atoms with van der Waals surface area (Å²) >= 11 is 1.86. The van der Waals surface area contributed by atoms with Crippen LogP contribution in [-0.4, -0.2) is 22.4 Å². The molecule has 1 aromatic rings. The minimum Gasteiger partial charge on any atom is -0.339 e. The van der Waals surface area contributed by atoms with Crippen LogP contribution < -0.4 is 5.73 Å². The van der Waals surface area contributed by atoms with Crippen molar-refractivity contribution in [3.8, 4) is 0 Å². The maximum absolute atomic E-state index is 5.65. The zero-order chi connectivity index (χ0) is 13.9. The molecule has 0 aliphatic carbocycles. The topological polar surface area (TPSA) is 64.9 Å². The molecule has 1 unspecified atom stereocenters. The van der Waals surface area contributed by atoms with Crippen LogP contribution in [0.5, 0.6) is 0 Å². The minimum atomic E-state index is 0.694. The molecule has 4 nitrogen and oxygen atoms in total. The van der Waals surface area contributed by atoms with E-state index in [2.05, 4.69) is 24.0 Å². The van der Waals surface area contributed by atoms with Gasteiger partial charge in [-0.15, -0.1) is 0 Å². The lowest BCUT2D eigenvalue weighted by Gasteiger charge is -2.13. The second kappa shape index (κ2) is 10.3. The van der Waals surface area contributed by atoms with E-state index in [9.17, 15) is 0 Å². The highest BCUT2D eigenvalue weighted by Crippen LogP contribution is 2.18. The second-order valence-electron chi connectivity index (χ2n) is 4.93. The fourth-order valence-corrected chi connectivity index (χ4v) is 2.90. The smallest absolute Gasteiger partial charge is 0.226 e. The Hall–Kier alpha value is -0.550. The summed E-state index contributed by atoms with van der Waals surface area (Å²) in [6.45, 7) is 5.17. The fraction of sp³-hybridized carbons (Fsp3) is 0.857. The Morgan fingerprint density at radius 3 is 2.74 bits per heavy atom. The molecule has 1 aromatic heterocycles. The van der Waals surface area contributed by atoms with Crippen molar-refractivity contribution in [3.05, 3.63) is 11.7 Å². The first kappa shape index (κ1) is 16.5. The van der Waals surface area contributed by atoms with Crippen molar-refractivity contribution in [2.75, 3.05) is 12.3 Å². The molecular weight excluding hydrogens is 258 g/mol. The van der Waals surface area contributed by atoms with E-state index in [0.717, 1.165) is 49.0 Å². The summed E-state index contributed by atoms with van der Waals surface area (Å²) < 4.78 is 5.30. The highest BCUT2D eigenvalue weighted by Gasteiger charge is 2.11. The third-order valence-corrected chi connectivity index (χ3v) is 4.29. The van der Waals surface area contributed by atoms with E-state index in [-0.39, 0.29) is 0 Å². The van der Waals surface area contributed by atoms with Gasteiger partial charge in [-0.05, 0) is 37.5 Å². The first-order valence-corrected chi connectivity index (χ1v) is 8.54. The fourth-order valence-electron chi connectivity index (χ4n) is 2.16. The monoisotopic (exact) mass is 285 g/mol. The highest BCUT2D eigenvalue weighted by molar-refractivity contribution is 7.98. The maximum atomic E-state index is 5.65. The molecule has 0 spiro atoms. The van der Waals surface area contributed by atoms with Crippen LogP contribution in [0.3, 0.4) is 0 Å². The van der Waals surface area contributed by atoms with Crippen molar-refractivity contribution in [1.29, 1.82) is 0 Å². The Morgan fingerprint density at radius 2 is 2.05 bits per heavy atom.